The van der Waals surface area contributed by atoms with Crippen LogP contribution in [0.4, 0.5) is 0 Å². The van der Waals surface area contributed by atoms with E-state index in [1.54, 1.807) is 11.6 Å². The third-order valence-corrected chi connectivity index (χ3v) is 4.03. The first kappa shape index (κ1) is 13.4. The van der Waals surface area contributed by atoms with Gasteiger partial charge in [0.25, 0.3) is 0 Å². The largest absolute Gasteiger partial charge is 0.388 e. The average Bonchev–Trinajstić information content (AvgIpc) is 2.52. The van der Waals surface area contributed by atoms with Crippen LogP contribution in [0.15, 0.2) is 0 Å². The second-order valence-electron chi connectivity index (χ2n) is 5.00. The van der Waals surface area contributed by atoms with Crippen molar-refractivity contribution in [2.45, 2.75) is 45.3 Å². The number of hydrogen-bond acceptors (Lipinski definition) is 3. The predicted octanol–water partition coefficient (Wildman–Crippen LogP) is 1.18. The maximum Gasteiger partial charge on any atom is 0.241 e. The molecular weight excluding hydrogens is 254 g/mol. The molecule has 0 aromatic carbocycles. The summed E-state index contributed by atoms with van der Waals surface area (Å²) in [5.41, 5.74) is 0.814. The van der Waals surface area contributed by atoms with Crippen molar-refractivity contribution < 1.29 is 9.90 Å². The number of carbonyl (C=O) groups is 1. The third-order valence-electron chi connectivity index (χ3n) is 3.49. The topological polar surface area (TPSA) is 67.2 Å². The van der Waals surface area contributed by atoms with E-state index in [2.05, 4.69) is 10.4 Å². The van der Waals surface area contributed by atoms with E-state index in [1.807, 2.05) is 6.92 Å². The van der Waals surface area contributed by atoms with Crippen LogP contribution in [0.25, 0.3) is 0 Å². The van der Waals surface area contributed by atoms with Gasteiger partial charge in [0.05, 0.1) is 22.0 Å². The highest BCUT2D eigenvalue weighted by atomic mass is 35.5. The molecule has 2 N–H and O–H groups in total. The van der Waals surface area contributed by atoms with Gasteiger partial charge in [-0.1, -0.05) is 11.6 Å². The minimum absolute atomic E-state index is 0.134. The normalized spacial score (nSPS) is 17.3. The van der Waals surface area contributed by atoms with Gasteiger partial charge in [0.15, 0.2) is 0 Å². The Morgan fingerprint density at radius 3 is 2.67 bits per heavy atom. The lowest BCUT2D eigenvalue weighted by atomic mass is 9.80. The first-order valence-corrected chi connectivity index (χ1v) is 6.48. The van der Waals surface area contributed by atoms with Gasteiger partial charge in [0, 0.05) is 6.54 Å². The van der Waals surface area contributed by atoms with Crippen LogP contribution in [0.1, 0.15) is 30.7 Å². The van der Waals surface area contributed by atoms with Crippen LogP contribution in [0.3, 0.4) is 0 Å². The number of aryl methyl sites for hydroxylation is 1. The van der Waals surface area contributed by atoms with Crippen molar-refractivity contribution in [2.75, 3.05) is 6.54 Å². The molecule has 1 saturated carbocycles. The molecule has 5 nitrogen and oxygen atoms in total. The first-order chi connectivity index (χ1) is 8.41. The summed E-state index contributed by atoms with van der Waals surface area (Å²) in [6, 6.07) is 0. The number of rotatable bonds is 4. The van der Waals surface area contributed by atoms with Crippen LogP contribution in [-0.4, -0.2) is 32.9 Å². The van der Waals surface area contributed by atoms with Gasteiger partial charge < -0.3 is 10.4 Å². The summed E-state index contributed by atoms with van der Waals surface area (Å²) < 4.78 is 1.58. The molecule has 1 fully saturated rings. The molecular formula is C12H18ClN3O2. The molecule has 0 unspecified atom stereocenters. The molecule has 0 radical (unpaired) electrons. The van der Waals surface area contributed by atoms with Gasteiger partial charge in [-0.3, -0.25) is 9.48 Å². The van der Waals surface area contributed by atoms with Crippen molar-refractivity contribution in [3.63, 3.8) is 0 Å². The van der Waals surface area contributed by atoms with Gasteiger partial charge in [0.2, 0.25) is 5.91 Å². The minimum atomic E-state index is -0.692. The highest BCUT2D eigenvalue weighted by Gasteiger charge is 2.34. The van der Waals surface area contributed by atoms with Crippen LogP contribution in [0, 0.1) is 13.8 Å². The number of amides is 1. The fourth-order valence-corrected chi connectivity index (χ4v) is 2.18. The molecule has 1 aromatic heterocycles. The zero-order valence-corrected chi connectivity index (χ0v) is 11.4. The van der Waals surface area contributed by atoms with E-state index in [0.29, 0.717) is 11.6 Å². The van der Waals surface area contributed by atoms with Gasteiger partial charge >= 0.3 is 0 Å². The molecule has 1 aromatic rings. The van der Waals surface area contributed by atoms with E-state index in [-0.39, 0.29) is 12.5 Å². The summed E-state index contributed by atoms with van der Waals surface area (Å²) in [5.74, 6) is -0.155. The van der Waals surface area contributed by atoms with Gasteiger partial charge in [-0.25, -0.2) is 0 Å². The first-order valence-electron chi connectivity index (χ1n) is 6.10. The molecule has 1 heterocycles. The second-order valence-corrected chi connectivity index (χ2v) is 5.38. The Bertz CT molecular complexity index is 466. The van der Waals surface area contributed by atoms with Gasteiger partial charge in [-0.2, -0.15) is 5.10 Å². The van der Waals surface area contributed by atoms with Crippen LogP contribution in [-0.2, 0) is 11.3 Å². The fourth-order valence-electron chi connectivity index (χ4n) is 2.05. The van der Waals surface area contributed by atoms with E-state index in [1.165, 1.54) is 0 Å². The summed E-state index contributed by atoms with van der Waals surface area (Å²) in [7, 11) is 0. The van der Waals surface area contributed by atoms with Crippen molar-refractivity contribution in [1.82, 2.24) is 15.1 Å². The molecule has 1 amide bonds. The lowest BCUT2D eigenvalue weighted by molar-refractivity contribution is -0.124. The molecule has 6 heteroatoms. The highest BCUT2D eigenvalue weighted by Crippen LogP contribution is 2.30. The Hall–Kier alpha value is -1.07. The molecule has 100 valence electrons. The average molecular weight is 272 g/mol. The van der Waals surface area contributed by atoms with Crippen molar-refractivity contribution in [2.24, 2.45) is 0 Å². The third kappa shape index (κ3) is 2.67. The lowest BCUT2D eigenvalue weighted by Gasteiger charge is -2.36. The summed E-state index contributed by atoms with van der Waals surface area (Å²) in [6.45, 7) is 4.09. The van der Waals surface area contributed by atoms with Crippen LogP contribution >= 0.6 is 11.6 Å². The SMILES string of the molecule is Cc1nn(CC(=O)NCC2(O)CCC2)c(C)c1Cl. The van der Waals surface area contributed by atoms with E-state index >= 15 is 0 Å². The second kappa shape index (κ2) is 4.90. The minimum Gasteiger partial charge on any atom is -0.388 e. The van der Waals surface area contributed by atoms with E-state index in [9.17, 15) is 9.90 Å². The standard InChI is InChI=1S/C12H18ClN3O2/c1-8-11(13)9(2)16(15-8)6-10(17)14-7-12(18)4-3-5-12/h18H,3-7H2,1-2H3,(H,14,17). The van der Waals surface area contributed by atoms with Gasteiger partial charge in [-0.05, 0) is 33.1 Å². The Morgan fingerprint density at radius 1 is 1.56 bits per heavy atom. The number of aromatic nitrogens is 2. The number of halogens is 1. The number of aliphatic hydroxyl groups is 1. The monoisotopic (exact) mass is 271 g/mol. The molecule has 0 bridgehead atoms. The van der Waals surface area contributed by atoms with Gasteiger partial charge in [0.1, 0.15) is 6.54 Å². The van der Waals surface area contributed by atoms with E-state index in [0.717, 1.165) is 30.7 Å². The summed E-state index contributed by atoms with van der Waals surface area (Å²) in [5, 5.41) is 17.4. The number of carbonyl (C=O) groups excluding carboxylic acids is 1. The highest BCUT2D eigenvalue weighted by molar-refractivity contribution is 6.31. The Balaban J connectivity index is 1.89. The van der Waals surface area contributed by atoms with E-state index < -0.39 is 5.60 Å². The molecule has 0 aliphatic heterocycles. The van der Waals surface area contributed by atoms with Crippen LogP contribution in [0.2, 0.25) is 5.02 Å². The van der Waals surface area contributed by atoms with E-state index in [4.69, 9.17) is 11.6 Å². The zero-order valence-electron chi connectivity index (χ0n) is 10.7. The van der Waals surface area contributed by atoms with Crippen molar-refractivity contribution >= 4 is 17.5 Å². The predicted molar refractivity (Wildman–Crippen MR) is 68.5 cm³/mol. The maximum absolute atomic E-state index is 11.7. The number of nitrogens with one attached hydrogen (secondary N) is 1. The molecule has 1 aliphatic carbocycles. The molecule has 0 spiro atoms. The van der Waals surface area contributed by atoms with Crippen molar-refractivity contribution in [1.29, 1.82) is 0 Å². The van der Waals surface area contributed by atoms with Gasteiger partial charge in [-0.15, -0.1) is 0 Å². The smallest absolute Gasteiger partial charge is 0.241 e. The molecule has 1 aliphatic rings. The quantitative estimate of drug-likeness (QED) is 0.864. The fraction of sp³-hybridized carbons (Fsp3) is 0.667. The Morgan fingerprint density at radius 2 is 2.22 bits per heavy atom. The summed E-state index contributed by atoms with van der Waals surface area (Å²) in [6.07, 6.45) is 2.55. The maximum atomic E-state index is 11.7. The van der Waals surface area contributed by atoms with Crippen molar-refractivity contribution in [3.8, 4) is 0 Å². The summed E-state index contributed by atoms with van der Waals surface area (Å²) >= 11 is 6.01. The molecule has 2 rings (SSSR count). The zero-order chi connectivity index (χ0) is 13.3. The number of hydrogen-bond donors (Lipinski definition) is 2. The number of nitrogens with zero attached hydrogens (tertiary/aromatic N) is 2. The molecule has 0 atom stereocenters. The molecule has 0 saturated heterocycles. The molecule has 18 heavy (non-hydrogen) atoms. The van der Waals surface area contributed by atoms with Crippen LogP contribution in [0.5, 0.6) is 0 Å². The van der Waals surface area contributed by atoms with Crippen molar-refractivity contribution in [3.05, 3.63) is 16.4 Å². The Labute approximate surface area is 111 Å². The lowest BCUT2D eigenvalue weighted by Crippen LogP contribution is -2.48. The Kier molecular flexibility index (Phi) is 3.64. The summed E-state index contributed by atoms with van der Waals surface area (Å²) in [4.78, 5) is 11.7. The van der Waals surface area contributed by atoms with Crippen LogP contribution < -0.4 is 5.32 Å².